The zero-order chi connectivity index (χ0) is 14.8. The molecule has 1 aromatic carbocycles. The lowest BCUT2D eigenvalue weighted by Gasteiger charge is -2.04. The van der Waals surface area contributed by atoms with E-state index in [1.807, 2.05) is 30.3 Å². The van der Waals surface area contributed by atoms with Crippen molar-refractivity contribution in [3.05, 3.63) is 52.0 Å². The predicted molar refractivity (Wildman–Crippen MR) is 80.4 cm³/mol. The van der Waals surface area contributed by atoms with Gasteiger partial charge < -0.3 is 0 Å². The number of nitrogens with one attached hydrogen (secondary N) is 1. The molecular formula is C13H10ClN5OS. The minimum Gasteiger partial charge on any atom is -0.273 e. The molecule has 0 radical (unpaired) electrons. The van der Waals surface area contributed by atoms with Crippen molar-refractivity contribution in [2.45, 2.75) is 10.2 Å². The molecule has 3 aromatic rings. The molecule has 0 saturated heterocycles. The molecule has 0 aliphatic rings. The maximum Gasteiger partial charge on any atom is 0.343 e. The van der Waals surface area contributed by atoms with E-state index in [1.54, 1.807) is 13.1 Å². The van der Waals surface area contributed by atoms with Crippen molar-refractivity contribution in [1.82, 2.24) is 24.7 Å². The number of hydrogen-bond acceptors (Lipinski definition) is 5. The van der Waals surface area contributed by atoms with Crippen LogP contribution in [0.5, 0.6) is 0 Å². The van der Waals surface area contributed by atoms with Gasteiger partial charge in [-0.3, -0.25) is 4.57 Å². The second-order valence-electron chi connectivity index (χ2n) is 4.19. The number of aromatic nitrogens is 5. The maximum absolute atomic E-state index is 11.4. The second kappa shape index (κ2) is 5.71. The molecule has 0 aliphatic carbocycles. The summed E-state index contributed by atoms with van der Waals surface area (Å²) < 4.78 is 1.41. The highest BCUT2D eigenvalue weighted by molar-refractivity contribution is 7.99. The van der Waals surface area contributed by atoms with E-state index in [0.29, 0.717) is 21.2 Å². The van der Waals surface area contributed by atoms with Gasteiger partial charge in [-0.25, -0.2) is 19.9 Å². The first kappa shape index (κ1) is 13.8. The predicted octanol–water partition coefficient (Wildman–Crippen LogP) is 2.37. The number of aromatic amines is 1. The Morgan fingerprint density at radius 1 is 1.24 bits per heavy atom. The molecule has 106 valence electrons. The molecule has 0 bridgehead atoms. The third kappa shape index (κ3) is 2.98. The zero-order valence-corrected chi connectivity index (χ0v) is 12.5. The Balaban J connectivity index is 1.99. The van der Waals surface area contributed by atoms with Gasteiger partial charge in [0.1, 0.15) is 10.2 Å². The molecule has 21 heavy (non-hydrogen) atoms. The van der Waals surface area contributed by atoms with E-state index >= 15 is 0 Å². The van der Waals surface area contributed by atoms with E-state index in [1.165, 1.54) is 16.3 Å². The Bertz CT molecular complexity index is 830. The highest BCUT2D eigenvalue weighted by Crippen LogP contribution is 2.27. The number of H-pyrrole nitrogens is 1. The van der Waals surface area contributed by atoms with Gasteiger partial charge in [-0.1, -0.05) is 41.9 Å². The molecule has 0 unspecified atom stereocenters. The highest BCUT2D eigenvalue weighted by Gasteiger charge is 2.11. The van der Waals surface area contributed by atoms with E-state index in [9.17, 15) is 4.79 Å². The minimum atomic E-state index is -0.277. The summed E-state index contributed by atoms with van der Waals surface area (Å²) in [7, 11) is 1.63. The Hall–Kier alpha value is -2.12. The van der Waals surface area contributed by atoms with Crippen molar-refractivity contribution in [2.24, 2.45) is 7.05 Å². The SMILES string of the molecule is Cn1c(Sc2cc(Cl)nc(-c3ccccc3)n2)n[nH]c1=O. The quantitative estimate of drug-likeness (QED) is 0.750. The highest BCUT2D eigenvalue weighted by atomic mass is 35.5. The van der Waals surface area contributed by atoms with Crippen molar-refractivity contribution < 1.29 is 0 Å². The molecule has 0 spiro atoms. The van der Waals surface area contributed by atoms with E-state index in [2.05, 4.69) is 20.2 Å². The zero-order valence-electron chi connectivity index (χ0n) is 10.9. The smallest absolute Gasteiger partial charge is 0.273 e. The molecule has 3 rings (SSSR count). The lowest BCUT2D eigenvalue weighted by Crippen LogP contribution is -2.12. The molecular weight excluding hydrogens is 310 g/mol. The van der Waals surface area contributed by atoms with Crippen LogP contribution < -0.4 is 5.69 Å². The molecule has 2 aromatic heterocycles. The van der Waals surface area contributed by atoms with Crippen LogP contribution in [0.2, 0.25) is 5.15 Å². The van der Waals surface area contributed by atoms with Crippen molar-refractivity contribution in [3.8, 4) is 11.4 Å². The van der Waals surface area contributed by atoms with E-state index in [-0.39, 0.29) is 5.69 Å². The largest absolute Gasteiger partial charge is 0.343 e. The monoisotopic (exact) mass is 319 g/mol. The first-order valence-corrected chi connectivity index (χ1v) is 7.22. The van der Waals surface area contributed by atoms with Gasteiger partial charge in [-0.2, -0.15) is 0 Å². The van der Waals surface area contributed by atoms with Crippen molar-refractivity contribution in [2.75, 3.05) is 0 Å². The Kier molecular flexibility index (Phi) is 3.76. The standard InChI is InChI=1S/C13H10ClN5OS/c1-19-12(20)17-18-13(19)21-10-7-9(14)15-11(16-10)8-5-3-2-4-6-8/h2-7H,1H3,(H,17,20). The number of benzene rings is 1. The van der Waals surface area contributed by atoms with Gasteiger partial charge in [0.2, 0.25) is 0 Å². The van der Waals surface area contributed by atoms with Gasteiger partial charge in [-0.05, 0) is 11.8 Å². The summed E-state index contributed by atoms with van der Waals surface area (Å²) in [5.74, 6) is 0.533. The van der Waals surface area contributed by atoms with Crippen molar-refractivity contribution in [1.29, 1.82) is 0 Å². The second-order valence-corrected chi connectivity index (χ2v) is 5.57. The molecule has 0 fully saturated rings. The summed E-state index contributed by atoms with van der Waals surface area (Å²) in [6.45, 7) is 0. The lowest BCUT2D eigenvalue weighted by molar-refractivity contribution is 0.764. The van der Waals surface area contributed by atoms with Crippen LogP contribution in [-0.2, 0) is 7.05 Å². The Labute approximate surface area is 129 Å². The third-order valence-corrected chi connectivity index (χ3v) is 3.90. The van der Waals surface area contributed by atoms with Gasteiger partial charge in [0.15, 0.2) is 11.0 Å². The van der Waals surface area contributed by atoms with Crippen LogP contribution in [0.25, 0.3) is 11.4 Å². The molecule has 8 heteroatoms. The van der Waals surface area contributed by atoms with Crippen molar-refractivity contribution >= 4 is 23.4 Å². The first-order valence-electron chi connectivity index (χ1n) is 6.03. The number of halogens is 1. The van der Waals surface area contributed by atoms with E-state index in [0.717, 1.165) is 5.56 Å². The molecule has 0 amide bonds. The minimum absolute atomic E-state index is 0.277. The van der Waals surface area contributed by atoms with Gasteiger partial charge in [0.25, 0.3) is 0 Å². The molecule has 0 aliphatic heterocycles. The van der Waals surface area contributed by atoms with Crippen LogP contribution in [0, 0.1) is 0 Å². The van der Waals surface area contributed by atoms with Crippen LogP contribution in [0.3, 0.4) is 0 Å². The van der Waals surface area contributed by atoms with E-state index in [4.69, 9.17) is 11.6 Å². The number of nitrogens with zero attached hydrogens (tertiary/aromatic N) is 4. The molecule has 1 N–H and O–H groups in total. The normalized spacial score (nSPS) is 10.8. The van der Waals surface area contributed by atoms with Gasteiger partial charge in [0.05, 0.1) is 0 Å². The molecule has 6 nitrogen and oxygen atoms in total. The first-order chi connectivity index (χ1) is 10.1. The fourth-order valence-electron chi connectivity index (χ4n) is 1.68. The Morgan fingerprint density at radius 2 is 2.00 bits per heavy atom. The maximum atomic E-state index is 11.4. The molecule has 0 atom stereocenters. The fraction of sp³-hybridized carbons (Fsp3) is 0.0769. The third-order valence-electron chi connectivity index (χ3n) is 2.74. The van der Waals surface area contributed by atoms with Crippen LogP contribution in [0.4, 0.5) is 0 Å². The number of rotatable bonds is 3. The van der Waals surface area contributed by atoms with Crippen LogP contribution in [0.15, 0.2) is 51.4 Å². The summed E-state index contributed by atoms with van der Waals surface area (Å²) in [4.78, 5) is 20.0. The van der Waals surface area contributed by atoms with Crippen molar-refractivity contribution in [3.63, 3.8) is 0 Å². The molecule has 0 saturated carbocycles. The average molecular weight is 320 g/mol. The van der Waals surface area contributed by atoms with Gasteiger partial charge in [0, 0.05) is 18.7 Å². The average Bonchev–Trinajstić information content (AvgIpc) is 2.80. The topological polar surface area (TPSA) is 76.5 Å². The van der Waals surface area contributed by atoms with Crippen LogP contribution >= 0.6 is 23.4 Å². The fourth-order valence-corrected chi connectivity index (χ4v) is 2.73. The summed E-state index contributed by atoms with van der Waals surface area (Å²) in [5, 5.41) is 7.77. The summed E-state index contributed by atoms with van der Waals surface area (Å²) in [6.07, 6.45) is 0. The summed E-state index contributed by atoms with van der Waals surface area (Å²) in [5.41, 5.74) is 0.596. The number of hydrogen-bond donors (Lipinski definition) is 1. The molecule has 2 heterocycles. The van der Waals surface area contributed by atoms with Gasteiger partial charge >= 0.3 is 5.69 Å². The Morgan fingerprint density at radius 3 is 2.67 bits per heavy atom. The van der Waals surface area contributed by atoms with Gasteiger partial charge in [-0.15, -0.1) is 5.10 Å². The summed E-state index contributed by atoms with van der Waals surface area (Å²) >= 11 is 7.29. The van der Waals surface area contributed by atoms with E-state index < -0.39 is 0 Å². The summed E-state index contributed by atoms with van der Waals surface area (Å²) in [6, 6.07) is 11.2. The van der Waals surface area contributed by atoms with Crippen LogP contribution in [-0.4, -0.2) is 24.7 Å². The van der Waals surface area contributed by atoms with Crippen LogP contribution in [0.1, 0.15) is 0 Å². The lowest BCUT2D eigenvalue weighted by atomic mass is 10.2.